The van der Waals surface area contributed by atoms with Gasteiger partial charge in [0.1, 0.15) is 6.07 Å². The summed E-state index contributed by atoms with van der Waals surface area (Å²) in [5, 5.41) is 8.91. The van der Waals surface area contributed by atoms with Gasteiger partial charge in [-0.05, 0) is 19.8 Å². The maximum atomic E-state index is 11.5. The summed E-state index contributed by atoms with van der Waals surface area (Å²) in [5.74, 6) is 0.0735. The summed E-state index contributed by atoms with van der Waals surface area (Å²) in [6, 6.07) is 1.87. The Morgan fingerprint density at radius 1 is 1.59 bits per heavy atom. The topological polar surface area (TPSA) is 76.1 Å². The summed E-state index contributed by atoms with van der Waals surface area (Å²) in [6.45, 7) is 1.96. The molecule has 1 heterocycles. The summed E-state index contributed by atoms with van der Waals surface area (Å²) >= 11 is 0. The van der Waals surface area contributed by atoms with Crippen LogP contribution in [0, 0.1) is 11.3 Å². The number of rotatable bonds is 3. The molecule has 0 radical (unpaired) electrons. The highest BCUT2D eigenvalue weighted by atomic mass is 16.5. The molecule has 1 aliphatic rings. The molecule has 5 heteroatoms. The first-order chi connectivity index (χ1) is 8.26. The third kappa shape index (κ3) is 2.31. The van der Waals surface area contributed by atoms with Crippen LogP contribution in [0.4, 0.5) is 0 Å². The summed E-state index contributed by atoms with van der Waals surface area (Å²) in [5.41, 5.74) is 0.0327. The second-order valence-corrected chi connectivity index (χ2v) is 4.04. The molecule has 90 valence electrons. The van der Waals surface area contributed by atoms with Crippen molar-refractivity contribution in [2.75, 3.05) is 6.61 Å². The molecule has 0 N–H and O–H groups in total. The number of nitriles is 1. The van der Waals surface area contributed by atoms with Gasteiger partial charge in [0.05, 0.1) is 6.61 Å². The molecule has 0 atom stereocenters. The van der Waals surface area contributed by atoms with E-state index in [0.29, 0.717) is 5.89 Å². The second kappa shape index (κ2) is 5.00. The Hall–Kier alpha value is -1.83. The average Bonchev–Trinajstić information content (AvgIpc) is 2.97. The van der Waals surface area contributed by atoms with Crippen molar-refractivity contribution in [1.82, 2.24) is 4.98 Å². The van der Waals surface area contributed by atoms with Crippen LogP contribution in [-0.2, 0) is 4.74 Å². The van der Waals surface area contributed by atoms with Crippen LogP contribution in [0.3, 0.4) is 0 Å². The highest BCUT2D eigenvalue weighted by Crippen LogP contribution is 2.34. The fraction of sp³-hybridized carbons (Fsp3) is 0.583. The number of aromatic nitrogens is 1. The minimum Gasteiger partial charge on any atom is -0.460 e. The smallest absolute Gasteiger partial charge is 0.377 e. The van der Waals surface area contributed by atoms with Crippen molar-refractivity contribution in [3.05, 3.63) is 17.3 Å². The van der Waals surface area contributed by atoms with E-state index in [9.17, 15) is 4.79 Å². The Morgan fingerprint density at radius 3 is 2.88 bits per heavy atom. The SMILES string of the molecule is CCOC(=O)c1oc(C2CCCC2)nc1C#N. The molecule has 0 aliphatic heterocycles. The first-order valence-corrected chi connectivity index (χ1v) is 5.84. The Kier molecular flexibility index (Phi) is 3.43. The average molecular weight is 234 g/mol. The van der Waals surface area contributed by atoms with Crippen LogP contribution in [0.25, 0.3) is 0 Å². The zero-order valence-electron chi connectivity index (χ0n) is 9.73. The van der Waals surface area contributed by atoms with Gasteiger partial charge in [0.15, 0.2) is 11.6 Å². The van der Waals surface area contributed by atoms with E-state index in [-0.39, 0.29) is 24.0 Å². The standard InChI is InChI=1S/C12H14N2O3/c1-2-16-12(15)10-9(7-13)14-11(17-10)8-5-3-4-6-8/h8H,2-6H2,1H3. The van der Waals surface area contributed by atoms with Gasteiger partial charge in [0, 0.05) is 5.92 Å². The van der Waals surface area contributed by atoms with Gasteiger partial charge in [-0.25, -0.2) is 9.78 Å². The normalized spacial score (nSPS) is 15.8. The Balaban J connectivity index is 2.26. The number of oxazole rings is 1. The third-order valence-corrected chi connectivity index (χ3v) is 2.91. The number of esters is 1. The van der Waals surface area contributed by atoms with Crippen molar-refractivity contribution in [2.24, 2.45) is 0 Å². The van der Waals surface area contributed by atoms with Gasteiger partial charge >= 0.3 is 5.97 Å². The van der Waals surface area contributed by atoms with Crippen LogP contribution < -0.4 is 0 Å². The van der Waals surface area contributed by atoms with Crippen molar-refractivity contribution in [3.8, 4) is 6.07 Å². The maximum Gasteiger partial charge on any atom is 0.377 e. The summed E-state index contributed by atoms with van der Waals surface area (Å²) in [4.78, 5) is 15.6. The molecule has 17 heavy (non-hydrogen) atoms. The Morgan fingerprint density at radius 2 is 2.29 bits per heavy atom. The van der Waals surface area contributed by atoms with Gasteiger partial charge in [-0.3, -0.25) is 0 Å². The van der Waals surface area contributed by atoms with E-state index in [1.165, 1.54) is 0 Å². The molecule has 1 fully saturated rings. The van der Waals surface area contributed by atoms with E-state index < -0.39 is 5.97 Å². The van der Waals surface area contributed by atoms with Gasteiger partial charge in [0.2, 0.25) is 5.76 Å². The Bertz CT molecular complexity index is 453. The molecule has 0 saturated heterocycles. The van der Waals surface area contributed by atoms with Gasteiger partial charge in [-0.2, -0.15) is 5.26 Å². The van der Waals surface area contributed by atoms with Crippen molar-refractivity contribution in [2.45, 2.75) is 38.5 Å². The first kappa shape index (κ1) is 11.6. The molecule has 0 unspecified atom stereocenters. The first-order valence-electron chi connectivity index (χ1n) is 5.84. The van der Waals surface area contributed by atoms with E-state index in [0.717, 1.165) is 25.7 Å². The minimum absolute atomic E-state index is 0.0327. The third-order valence-electron chi connectivity index (χ3n) is 2.91. The molecule has 0 aromatic carbocycles. The van der Waals surface area contributed by atoms with Gasteiger partial charge in [0.25, 0.3) is 0 Å². The lowest BCUT2D eigenvalue weighted by Crippen LogP contribution is -2.05. The predicted octanol–water partition coefficient (Wildman–Crippen LogP) is 2.38. The largest absolute Gasteiger partial charge is 0.460 e. The quantitative estimate of drug-likeness (QED) is 0.750. The molecule has 0 amide bonds. The number of nitrogens with zero attached hydrogens (tertiary/aromatic N) is 2. The van der Waals surface area contributed by atoms with Crippen molar-refractivity contribution in [1.29, 1.82) is 5.26 Å². The highest BCUT2D eigenvalue weighted by Gasteiger charge is 2.27. The van der Waals surface area contributed by atoms with Crippen molar-refractivity contribution >= 4 is 5.97 Å². The van der Waals surface area contributed by atoms with Crippen LogP contribution in [0.2, 0.25) is 0 Å². The van der Waals surface area contributed by atoms with Crippen LogP contribution in [0.15, 0.2) is 4.42 Å². The molecular weight excluding hydrogens is 220 g/mol. The molecule has 1 saturated carbocycles. The predicted molar refractivity (Wildman–Crippen MR) is 58.4 cm³/mol. The van der Waals surface area contributed by atoms with Crippen molar-refractivity contribution < 1.29 is 13.9 Å². The van der Waals surface area contributed by atoms with Gasteiger partial charge < -0.3 is 9.15 Å². The summed E-state index contributed by atoms with van der Waals surface area (Å²) < 4.78 is 10.2. The molecular formula is C12H14N2O3. The Labute approximate surface area is 99.4 Å². The number of hydrogen-bond acceptors (Lipinski definition) is 5. The van der Waals surface area contributed by atoms with Crippen LogP contribution in [-0.4, -0.2) is 17.6 Å². The lowest BCUT2D eigenvalue weighted by molar-refractivity contribution is 0.0487. The minimum atomic E-state index is -0.610. The van der Waals surface area contributed by atoms with E-state index >= 15 is 0 Å². The summed E-state index contributed by atoms with van der Waals surface area (Å²) in [6.07, 6.45) is 4.30. The zero-order chi connectivity index (χ0) is 12.3. The van der Waals surface area contributed by atoms with Crippen LogP contribution in [0.5, 0.6) is 0 Å². The maximum absolute atomic E-state index is 11.5. The molecule has 5 nitrogen and oxygen atoms in total. The molecule has 0 spiro atoms. The zero-order valence-corrected chi connectivity index (χ0v) is 9.73. The van der Waals surface area contributed by atoms with Gasteiger partial charge in [-0.1, -0.05) is 12.8 Å². The monoisotopic (exact) mass is 234 g/mol. The summed E-state index contributed by atoms with van der Waals surface area (Å²) in [7, 11) is 0. The lowest BCUT2D eigenvalue weighted by atomic mass is 10.1. The van der Waals surface area contributed by atoms with Crippen LogP contribution in [0.1, 0.15) is 60.7 Å². The molecule has 1 aromatic heterocycles. The van der Waals surface area contributed by atoms with E-state index in [4.69, 9.17) is 14.4 Å². The highest BCUT2D eigenvalue weighted by molar-refractivity contribution is 5.88. The van der Waals surface area contributed by atoms with E-state index in [1.54, 1.807) is 6.92 Å². The second-order valence-electron chi connectivity index (χ2n) is 4.04. The fourth-order valence-corrected chi connectivity index (χ4v) is 2.09. The molecule has 2 rings (SSSR count). The van der Waals surface area contributed by atoms with E-state index in [2.05, 4.69) is 4.98 Å². The number of carbonyl (C=O) groups excluding carboxylic acids is 1. The van der Waals surface area contributed by atoms with E-state index in [1.807, 2.05) is 6.07 Å². The fourth-order valence-electron chi connectivity index (χ4n) is 2.09. The lowest BCUT2D eigenvalue weighted by Gasteiger charge is -2.01. The van der Waals surface area contributed by atoms with Crippen molar-refractivity contribution in [3.63, 3.8) is 0 Å². The molecule has 1 aromatic rings. The van der Waals surface area contributed by atoms with Gasteiger partial charge in [-0.15, -0.1) is 0 Å². The number of hydrogen-bond donors (Lipinski definition) is 0. The molecule has 0 bridgehead atoms. The molecule has 1 aliphatic carbocycles. The number of carbonyl (C=O) groups is 1. The number of ether oxygens (including phenoxy) is 1. The van der Waals surface area contributed by atoms with Crippen LogP contribution >= 0.6 is 0 Å².